The Morgan fingerprint density at radius 2 is 1.83 bits per heavy atom. The number of phenolic OH excluding ortho intramolecular Hbond substituents is 1. The van der Waals surface area contributed by atoms with Gasteiger partial charge in [0.25, 0.3) is 11.8 Å². The van der Waals surface area contributed by atoms with Crippen molar-refractivity contribution in [2.24, 2.45) is 0 Å². The van der Waals surface area contributed by atoms with E-state index >= 15 is 0 Å². The van der Waals surface area contributed by atoms with Crippen LogP contribution in [0.5, 0.6) is 11.5 Å². The predicted octanol–water partition coefficient (Wildman–Crippen LogP) is 2.24. The summed E-state index contributed by atoms with van der Waals surface area (Å²) >= 11 is 0. The van der Waals surface area contributed by atoms with Gasteiger partial charge in [0.2, 0.25) is 0 Å². The van der Waals surface area contributed by atoms with Gasteiger partial charge in [0.05, 0.1) is 25.0 Å². The minimum Gasteiger partial charge on any atom is -0.504 e. The zero-order valence-electron chi connectivity index (χ0n) is 16.2. The van der Waals surface area contributed by atoms with E-state index in [9.17, 15) is 24.3 Å². The number of anilines is 1. The Balaban J connectivity index is 1.94. The number of nitrogens with zero attached hydrogens (tertiary/aromatic N) is 1. The summed E-state index contributed by atoms with van der Waals surface area (Å²) in [6.07, 6.45) is 1.28. The van der Waals surface area contributed by atoms with E-state index in [1.807, 2.05) is 0 Å². The Kier molecular flexibility index (Phi) is 5.82. The molecule has 0 bridgehead atoms. The molecular weight excluding hydrogens is 392 g/mol. The third-order valence-electron chi connectivity index (χ3n) is 4.25. The SMILES string of the molecule is CCOC(=O)c1ccc(N2C(=O)NC(=O)C(=Cc3ccc(O)c(OC)c3)C2=O)cc1. The molecule has 0 radical (unpaired) electrons. The number of amides is 4. The largest absolute Gasteiger partial charge is 0.504 e. The van der Waals surface area contributed by atoms with Gasteiger partial charge in [-0.15, -0.1) is 0 Å². The monoisotopic (exact) mass is 410 g/mol. The van der Waals surface area contributed by atoms with E-state index in [1.165, 1.54) is 55.7 Å². The number of urea groups is 1. The smallest absolute Gasteiger partial charge is 0.338 e. The highest BCUT2D eigenvalue weighted by Gasteiger charge is 2.36. The van der Waals surface area contributed by atoms with E-state index in [1.54, 1.807) is 6.92 Å². The molecule has 1 saturated heterocycles. The Hall–Kier alpha value is -4.14. The highest BCUT2D eigenvalue weighted by atomic mass is 16.5. The lowest BCUT2D eigenvalue weighted by atomic mass is 10.1. The Morgan fingerprint density at radius 1 is 1.13 bits per heavy atom. The first-order valence-electron chi connectivity index (χ1n) is 8.91. The van der Waals surface area contributed by atoms with Crippen molar-refractivity contribution >= 4 is 35.6 Å². The fourth-order valence-corrected chi connectivity index (χ4v) is 2.80. The second-order valence-electron chi connectivity index (χ2n) is 6.16. The number of rotatable bonds is 5. The minimum absolute atomic E-state index is 0.0995. The van der Waals surface area contributed by atoms with Crippen molar-refractivity contribution in [3.05, 3.63) is 59.2 Å². The second-order valence-corrected chi connectivity index (χ2v) is 6.16. The molecule has 2 aromatic carbocycles. The van der Waals surface area contributed by atoms with Crippen molar-refractivity contribution in [2.45, 2.75) is 6.92 Å². The summed E-state index contributed by atoms with van der Waals surface area (Å²) in [5.41, 5.74) is 0.563. The number of hydrogen-bond acceptors (Lipinski definition) is 7. The lowest BCUT2D eigenvalue weighted by Crippen LogP contribution is -2.54. The van der Waals surface area contributed by atoms with Crippen molar-refractivity contribution < 1.29 is 33.8 Å². The van der Waals surface area contributed by atoms with Crippen LogP contribution >= 0.6 is 0 Å². The van der Waals surface area contributed by atoms with Crippen molar-refractivity contribution in [1.82, 2.24) is 5.32 Å². The highest BCUT2D eigenvalue weighted by Crippen LogP contribution is 2.28. The Morgan fingerprint density at radius 3 is 2.47 bits per heavy atom. The lowest BCUT2D eigenvalue weighted by molar-refractivity contribution is -0.122. The third-order valence-corrected chi connectivity index (χ3v) is 4.25. The predicted molar refractivity (Wildman–Crippen MR) is 106 cm³/mol. The summed E-state index contributed by atoms with van der Waals surface area (Å²) in [7, 11) is 1.37. The number of phenols is 1. The van der Waals surface area contributed by atoms with Crippen LogP contribution in [0.25, 0.3) is 6.08 Å². The number of benzene rings is 2. The lowest BCUT2D eigenvalue weighted by Gasteiger charge is -2.26. The van der Waals surface area contributed by atoms with E-state index in [2.05, 4.69) is 5.32 Å². The van der Waals surface area contributed by atoms with Crippen molar-refractivity contribution in [3.63, 3.8) is 0 Å². The van der Waals surface area contributed by atoms with Crippen molar-refractivity contribution in [1.29, 1.82) is 0 Å². The molecule has 9 nitrogen and oxygen atoms in total. The van der Waals surface area contributed by atoms with Gasteiger partial charge in [-0.2, -0.15) is 0 Å². The zero-order valence-corrected chi connectivity index (χ0v) is 16.2. The van der Waals surface area contributed by atoms with Crippen LogP contribution in [0, 0.1) is 0 Å². The van der Waals surface area contributed by atoms with Gasteiger partial charge in [-0.25, -0.2) is 14.5 Å². The number of hydrogen-bond donors (Lipinski definition) is 2. The maximum Gasteiger partial charge on any atom is 0.338 e. The van der Waals surface area contributed by atoms with Crippen LogP contribution in [-0.4, -0.2) is 42.6 Å². The average Bonchev–Trinajstić information content (AvgIpc) is 2.72. The van der Waals surface area contributed by atoms with Crippen LogP contribution < -0.4 is 15.0 Å². The van der Waals surface area contributed by atoms with E-state index in [0.717, 1.165) is 4.90 Å². The molecular formula is C21H18N2O7. The number of imide groups is 2. The summed E-state index contributed by atoms with van der Waals surface area (Å²) in [6.45, 7) is 1.89. The maximum absolute atomic E-state index is 12.9. The van der Waals surface area contributed by atoms with Gasteiger partial charge in [-0.05, 0) is 55.0 Å². The van der Waals surface area contributed by atoms with E-state index in [-0.39, 0.29) is 34.9 Å². The van der Waals surface area contributed by atoms with Gasteiger partial charge >= 0.3 is 12.0 Å². The zero-order chi connectivity index (χ0) is 21.8. The molecule has 1 fully saturated rings. The van der Waals surface area contributed by atoms with Gasteiger partial charge in [-0.3, -0.25) is 14.9 Å². The number of esters is 1. The molecule has 0 aliphatic carbocycles. The van der Waals surface area contributed by atoms with Crippen molar-refractivity contribution in [3.8, 4) is 11.5 Å². The number of aromatic hydroxyl groups is 1. The molecule has 0 unspecified atom stereocenters. The first kappa shape index (κ1) is 20.6. The molecule has 4 amide bonds. The molecule has 1 heterocycles. The summed E-state index contributed by atoms with van der Waals surface area (Å²) < 4.78 is 9.92. The van der Waals surface area contributed by atoms with Crippen molar-refractivity contribution in [2.75, 3.05) is 18.6 Å². The molecule has 1 aliphatic rings. The number of barbiturate groups is 1. The first-order valence-corrected chi connectivity index (χ1v) is 8.91. The van der Waals surface area contributed by atoms with Gasteiger partial charge in [0, 0.05) is 0 Å². The van der Waals surface area contributed by atoms with Crippen LogP contribution in [0.15, 0.2) is 48.0 Å². The van der Waals surface area contributed by atoms with Crippen LogP contribution in [0.1, 0.15) is 22.8 Å². The highest BCUT2D eigenvalue weighted by molar-refractivity contribution is 6.39. The molecule has 0 atom stereocenters. The van der Waals surface area contributed by atoms with E-state index in [0.29, 0.717) is 5.56 Å². The summed E-state index contributed by atoms with van der Waals surface area (Å²) in [5.74, 6) is -2.15. The van der Waals surface area contributed by atoms with Gasteiger partial charge in [-0.1, -0.05) is 6.07 Å². The average molecular weight is 410 g/mol. The summed E-state index contributed by atoms with van der Waals surface area (Å²) in [6, 6.07) is 9.01. The quantitative estimate of drug-likeness (QED) is 0.440. The van der Waals surface area contributed by atoms with Gasteiger partial charge < -0.3 is 14.6 Å². The number of carbonyl (C=O) groups excluding carboxylic acids is 4. The molecule has 0 aromatic heterocycles. The molecule has 30 heavy (non-hydrogen) atoms. The van der Waals surface area contributed by atoms with Crippen LogP contribution in [0.3, 0.4) is 0 Å². The Labute approximate surface area is 171 Å². The molecule has 1 aliphatic heterocycles. The number of ether oxygens (including phenoxy) is 2. The molecule has 0 saturated carbocycles. The van der Waals surface area contributed by atoms with Gasteiger partial charge in [0.1, 0.15) is 5.57 Å². The van der Waals surface area contributed by atoms with Crippen LogP contribution in [0.4, 0.5) is 10.5 Å². The molecule has 0 spiro atoms. The summed E-state index contributed by atoms with van der Waals surface area (Å²) in [4.78, 5) is 50.0. The number of nitrogens with one attached hydrogen (secondary N) is 1. The number of methoxy groups -OCH3 is 1. The Bertz CT molecular complexity index is 1060. The normalized spacial score (nSPS) is 15.2. The molecule has 2 aromatic rings. The van der Waals surface area contributed by atoms with Crippen LogP contribution in [0.2, 0.25) is 0 Å². The standard InChI is InChI=1S/C21H18N2O7/c1-3-30-20(27)13-5-7-14(8-6-13)23-19(26)15(18(25)22-21(23)28)10-12-4-9-16(24)17(11-12)29-2/h4-11,24H,3H2,1-2H3,(H,22,25,28). The molecule has 3 rings (SSSR count). The first-order chi connectivity index (χ1) is 14.3. The minimum atomic E-state index is -0.908. The fourth-order valence-electron chi connectivity index (χ4n) is 2.80. The van der Waals surface area contributed by atoms with E-state index < -0.39 is 23.8 Å². The number of carbonyl (C=O) groups is 4. The summed E-state index contributed by atoms with van der Waals surface area (Å²) in [5, 5.41) is 11.8. The topological polar surface area (TPSA) is 122 Å². The van der Waals surface area contributed by atoms with Gasteiger partial charge in [0.15, 0.2) is 11.5 Å². The molecule has 9 heteroatoms. The van der Waals surface area contributed by atoms with Crippen LogP contribution in [-0.2, 0) is 14.3 Å². The fraction of sp³-hybridized carbons (Fsp3) is 0.143. The second kappa shape index (κ2) is 8.48. The van der Waals surface area contributed by atoms with E-state index in [4.69, 9.17) is 9.47 Å². The maximum atomic E-state index is 12.9. The molecule has 2 N–H and O–H groups in total. The third kappa shape index (κ3) is 4.00. The molecule has 154 valence electrons.